The summed E-state index contributed by atoms with van der Waals surface area (Å²) in [5.74, 6) is 0.181. The van der Waals surface area contributed by atoms with Crippen LogP contribution in [0.15, 0.2) is 18.2 Å². The van der Waals surface area contributed by atoms with Gasteiger partial charge in [0, 0.05) is 24.3 Å². The first kappa shape index (κ1) is 16.1. The molecule has 20 heavy (non-hydrogen) atoms. The van der Waals surface area contributed by atoms with Crippen LogP contribution in [-0.4, -0.2) is 23.3 Å². The predicted octanol–water partition coefficient (Wildman–Crippen LogP) is 3.67. The fourth-order valence-corrected chi connectivity index (χ4v) is 2.15. The van der Waals surface area contributed by atoms with Crippen molar-refractivity contribution in [1.82, 2.24) is 0 Å². The summed E-state index contributed by atoms with van der Waals surface area (Å²) in [6.45, 7) is 10.6. The number of nitro groups is 1. The molecule has 0 N–H and O–H groups in total. The summed E-state index contributed by atoms with van der Waals surface area (Å²) < 4.78 is 0. The third-order valence-electron chi connectivity index (χ3n) is 3.07. The molecule has 0 saturated carbocycles. The standard InChI is InChI=1S/C15H22N2O3/c1-10(2)9-16(11(3)4)13-6-7-15(17(19)20)14(8-13)12(5)18/h6-8,10-11H,9H2,1-5H3. The summed E-state index contributed by atoms with van der Waals surface area (Å²) in [4.78, 5) is 24.2. The Hall–Kier alpha value is -1.91. The molecule has 0 bridgehead atoms. The molecule has 5 nitrogen and oxygen atoms in total. The molecule has 0 unspecified atom stereocenters. The van der Waals surface area contributed by atoms with Crippen LogP contribution in [0, 0.1) is 16.0 Å². The van der Waals surface area contributed by atoms with Gasteiger partial charge in [-0.25, -0.2) is 0 Å². The summed E-state index contributed by atoms with van der Waals surface area (Å²) >= 11 is 0. The largest absolute Gasteiger partial charge is 0.369 e. The van der Waals surface area contributed by atoms with Crippen LogP contribution in [0.5, 0.6) is 0 Å². The highest BCUT2D eigenvalue weighted by Gasteiger charge is 2.20. The van der Waals surface area contributed by atoms with Crippen molar-refractivity contribution in [3.8, 4) is 0 Å². The summed E-state index contributed by atoms with van der Waals surface area (Å²) in [6, 6.07) is 5.02. The second kappa shape index (κ2) is 6.50. The van der Waals surface area contributed by atoms with Crippen molar-refractivity contribution in [2.75, 3.05) is 11.4 Å². The van der Waals surface area contributed by atoms with Crippen molar-refractivity contribution >= 4 is 17.2 Å². The lowest BCUT2D eigenvalue weighted by molar-refractivity contribution is -0.385. The van der Waals surface area contributed by atoms with Crippen molar-refractivity contribution in [1.29, 1.82) is 0 Å². The quantitative estimate of drug-likeness (QED) is 0.452. The number of hydrogen-bond acceptors (Lipinski definition) is 4. The minimum absolute atomic E-state index is 0.130. The normalized spacial score (nSPS) is 10.9. The fraction of sp³-hybridized carbons (Fsp3) is 0.533. The highest BCUT2D eigenvalue weighted by Crippen LogP contribution is 2.27. The molecule has 0 radical (unpaired) electrons. The highest BCUT2D eigenvalue weighted by molar-refractivity contribution is 5.99. The first-order valence-corrected chi connectivity index (χ1v) is 6.80. The first-order chi connectivity index (χ1) is 9.23. The van der Waals surface area contributed by atoms with Crippen LogP contribution < -0.4 is 4.90 Å². The zero-order chi connectivity index (χ0) is 15.4. The summed E-state index contributed by atoms with van der Waals surface area (Å²) in [6.07, 6.45) is 0. The van der Waals surface area contributed by atoms with Crippen molar-refractivity contribution in [2.45, 2.75) is 40.7 Å². The molecule has 0 heterocycles. The maximum absolute atomic E-state index is 11.6. The number of ketones is 1. The molecule has 0 saturated heterocycles. The van der Waals surface area contributed by atoms with E-state index in [9.17, 15) is 14.9 Å². The predicted molar refractivity (Wildman–Crippen MR) is 80.4 cm³/mol. The zero-order valence-electron chi connectivity index (χ0n) is 12.7. The molecule has 1 aromatic carbocycles. The van der Waals surface area contributed by atoms with Gasteiger partial charge in [-0.05, 0) is 38.8 Å². The van der Waals surface area contributed by atoms with Gasteiger partial charge in [0.2, 0.25) is 0 Å². The topological polar surface area (TPSA) is 63.5 Å². The molecule has 0 aliphatic rings. The lowest BCUT2D eigenvalue weighted by Crippen LogP contribution is -2.34. The lowest BCUT2D eigenvalue weighted by Gasteiger charge is -2.31. The van der Waals surface area contributed by atoms with E-state index in [2.05, 4.69) is 32.6 Å². The molecule has 5 heteroatoms. The van der Waals surface area contributed by atoms with Crippen molar-refractivity contribution in [3.63, 3.8) is 0 Å². The maximum Gasteiger partial charge on any atom is 0.280 e. The number of carbonyl (C=O) groups excluding carboxylic acids is 1. The van der Waals surface area contributed by atoms with Gasteiger partial charge in [0.05, 0.1) is 10.5 Å². The van der Waals surface area contributed by atoms with Crippen LogP contribution in [0.4, 0.5) is 11.4 Å². The zero-order valence-corrected chi connectivity index (χ0v) is 12.7. The minimum atomic E-state index is -0.511. The molecule has 0 spiro atoms. The van der Waals surface area contributed by atoms with E-state index in [-0.39, 0.29) is 23.1 Å². The van der Waals surface area contributed by atoms with E-state index in [4.69, 9.17) is 0 Å². The van der Waals surface area contributed by atoms with Crippen LogP contribution in [0.3, 0.4) is 0 Å². The molecule has 110 valence electrons. The Morgan fingerprint density at radius 1 is 1.30 bits per heavy atom. The second-order valence-corrected chi connectivity index (χ2v) is 5.65. The SMILES string of the molecule is CC(=O)c1cc(N(CC(C)C)C(C)C)ccc1[N+](=O)[O-]. The van der Waals surface area contributed by atoms with Gasteiger partial charge in [-0.1, -0.05) is 13.8 Å². The summed E-state index contributed by atoms with van der Waals surface area (Å²) in [5, 5.41) is 11.0. The van der Waals surface area contributed by atoms with Gasteiger partial charge in [0.15, 0.2) is 5.78 Å². The Morgan fingerprint density at radius 2 is 1.90 bits per heavy atom. The molecular formula is C15H22N2O3. The number of anilines is 1. The molecular weight excluding hydrogens is 256 g/mol. The first-order valence-electron chi connectivity index (χ1n) is 6.80. The summed E-state index contributed by atoms with van der Waals surface area (Å²) in [7, 11) is 0. The fourth-order valence-electron chi connectivity index (χ4n) is 2.15. The average Bonchev–Trinajstić information content (AvgIpc) is 2.34. The van der Waals surface area contributed by atoms with Crippen LogP contribution in [0.2, 0.25) is 0 Å². The minimum Gasteiger partial charge on any atom is -0.369 e. The third-order valence-corrected chi connectivity index (χ3v) is 3.07. The van der Waals surface area contributed by atoms with Crippen molar-refractivity contribution < 1.29 is 9.72 Å². The molecule has 0 aliphatic carbocycles. The lowest BCUT2D eigenvalue weighted by atomic mass is 10.1. The van der Waals surface area contributed by atoms with Crippen molar-refractivity contribution in [3.05, 3.63) is 33.9 Å². The van der Waals surface area contributed by atoms with Gasteiger partial charge in [0.25, 0.3) is 5.69 Å². The van der Waals surface area contributed by atoms with Crippen LogP contribution in [0.25, 0.3) is 0 Å². The molecule has 1 aromatic rings. The number of nitrogens with zero attached hydrogens (tertiary/aromatic N) is 2. The second-order valence-electron chi connectivity index (χ2n) is 5.65. The Bertz CT molecular complexity index is 510. The van der Waals surface area contributed by atoms with Gasteiger partial charge in [-0.2, -0.15) is 0 Å². The van der Waals surface area contributed by atoms with Gasteiger partial charge in [-0.3, -0.25) is 14.9 Å². The van der Waals surface area contributed by atoms with Gasteiger partial charge >= 0.3 is 0 Å². The van der Waals surface area contributed by atoms with E-state index < -0.39 is 4.92 Å². The van der Waals surface area contributed by atoms with E-state index in [1.54, 1.807) is 12.1 Å². The Kier molecular flexibility index (Phi) is 5.25. The number of Topliss-reactive ketones (excluding diaryl/α,β-unsaturated/α-hetero) is 1. The van der Waals surface area contributed by atoms with Gasteiger partial charge in [-0.15, -0.1) is 0 Å². The van der Waals surface area contributed by atoms with Gasteiger partial charge < -0.3 is 4.90 Å². The highest BCUT2D eigenvalue weighted by atomic mass is 16.6. The van der Waals surface area contributed by atoms with Crippen LogP contribution in [0.1, 0.15) is 45.0 Å². The Labute approximate surface area is 119 Å². The molecule has 0 aliphatic heterocycles. The molecule has 0 amide bonds. The molecule has 0 fully saturated rings. The number of carbonyl (C=O) groups is 1. The average molecular weight is 278 g/mol. The van der Waals surface area contributed by atoms with E-state index in [0.29, 0.717) is 5.92 Å². The van der Waals surface area contributed by atoms with E-state index in [0.717, 1.165) is 12.2 Å². The Balaban J connectivity index is 3.27. The number of rotatable bonds is 6. The van der Waals surface area contributed by atoms with Crippen molar-refractivity contribution in [2.24, 2.45) is 5.92 Å². The van der Waals surface area contributed by atoms with Crippen LogP contribution in [-0.2, 0) is 0 Å². The number of nitro benzene ring substituents is 1. The van der Waals surface area contributed by atoms with Gasteiger partial charge in [0.1, 0.15) is 0 Å². The molecule has 0 aromatic heterocycles. The Morgan fingerprint density at radius 3 is 2.30 bits per heavy atom. The monoisotopic (exact) mass is 278 g/mol. The molecule has 1 rings (SSSR count). The van der Waals surface area contributed by atoms with E-state index in [1.807, 2.05) is 0 Å². The summed E-state index contributed by atoms with van der Waals surface area (Å²) in [5.41, 5.74) is 0.890. The maximum atomic E-state index is 11.6. The smallest absolute Gasteiger partial charge is 0.280 e. The number of benzene rings is 1. The molecule has 0 atom stereocenters. The number of hydrogen-bond donors (Lipinski definition) is 0. The van der Waals surface area contributed by atoms with Crippen LogP contribution >= 0.6 is 0 Å². The third kappa shape index (κ3) is 3.79. The van der Waals surface area contributed by atoms with E-state index in [1.165, 1.54) is 13.0 Å². The van der Waals surface area contributed by atoms with E-state index >= 15 is 0 Å².